The second kappa shape index (κ2) is 7.35. The third-order valence-electron chi connectivity index (χ3n) is 6.18. The van der Waals surface area contributed by atoms with Crippen LogP contribution in [-0.2, 0) is 9.57 Å². The molecule has 0 aromatic heterocycles. The summed E-state index contributed by atoms with van der Waals surface area (Å²) >= 11 is 0. The Hall–Kier alpha value is -1.33. The smallest absolute Gasteiger partial charge is 0.431 e. The summed E-state index contributed by atoms with van der Waals surface area (Å²) in [6.45, 7) is 7.83. The molecule has 1 unspecified atom stereocenters. The lowest BCUT2D eigenvalue weighted by Crippen LogP contribution is -2.51. The molecule has 0 radical (unpaired) electrons. The van der Waals surface area contributed by atoms with Gasteiger partial charge in [-0.3, -0.25) is 4.84 Å². The average Bonchev–Trinajstić information content (AvgIpc) is 2.55. The van der Waals surface area contributed by atoms with E-state index < -0.39 is 11.7 Å². The van der Waals surface area contributed by atoms with Crippen molar-refractivity contribution in [2.75, 3.05) is 0 Å². The fourth-order valence-electron chi connectivity index (χ4n) is 4.82. The molecule has 0 heterocycles. The van der Waals surface area contributed by atoms with Crippen molar-refractivity contribution < 1.29 is 14.4 Å². The average molecular weight is 363 g/mol. The van der Waals surface area contributed by atoms with Crippen molar-refractivity contribution in [3.63, 3.8) is 0 Å². The number of ether oxygens (including phenoxy) is 1. The SMILES string of the molecule is CC(C)(C)OC(=O)NOC1C=CC2=C(C1)[C@@]1(C)CCCCC[C@@H](C2)[C@@H]1N. The van der Waals surface area contributed by atoms with Crippen LogP contribution in [-0.4, -0.2) is 23.8 Å². The summed E-state index contributed by atoms with van der Waals surface area (Å²) in [6, 6.07) is 0.215. The molecular weight excluding hydrogens is 328 g/mol. The first-order chi connectivity index (χ1) is 12.2. The topological polar surface area (TPSA) is 73.6 Å². The van der Waals surface area contributed by atoms with Gasteiger partial charge in [-0.05, 0) is 51.5 Å². The number of allylic oxidation sites excluding steroid dienone is 2. The maximum Gasteiger partial charge on any atom is 0.431 e. The monoisotopic (exact) mass is 362 g/mol. The lowest BCUT2D eigenvalue weighted by Gasteiger charge is -2.49. The van der Waals surface area contributed by atoms with E-state index in [4.69, 9.17) is 15.3 Å². The number of nitrogens with one attached hydrogen (secondary N) is 1. The van der Waals surface area contributed by atoms with Crippen LogP contribution in [0.1, 0.15) is 72.6 Å². The zero-order chi connectivity index (χ0) is 18.9. The van der Waals surface area contributed by atoms with Gasteiger partial charge in [0, 0.05) is 17.9 Å². The van der Waals surface area contributed by atoms with Crippen molar-refractivity contribution in [2.24, 2.45) is 17.1 Å². The van der Waals surface area contributed by atoms with Crippen LogP contribution in [0.2, 0.25) is 0 Å². The van der Waals surface area contributed by atoms with Crippen LogP contribution in [0.5, 0.6) is 0 Å². The first kappa shape index (κ1) is 19.4. The van der Waals surface area contributed by atoms with Gasteiger partial charge >= 0.3 is 6.09 Å². The molecule has 3 N–H and O–H groups in total. The van der Waals surface area contributed by atoms with Crippen molar-refractivity contribution >= 4 is 6.09 Å². The normalized spacial score (nSPS) is 34.6. The second-order valence-electron chi connectivity index (χ2n) is 9.33. The molecule has 1 saturated carbocycles. The summed E-state index contributed by atoms with van der Waals surface area (Å²) in [5.74, 6) is 0.584. The molecule has 26 heavy (non-hydrogen) atoms. The predicted octanol–water partition coefficient (Wildman–Crippen LogP) is 4.39. The van der Waals surface area contributed by atoms with E-state index in [-0.39, 0.29) is 17.6 Å². The molecule has 1 amide bonds. The van der Waals surface area contributed by atoms with Crippen molar-refractivity contribution in [2.45, 2.75) is 90.4 Å². The van der Waals surface area contributed by atoms with E-state index in [1.807, 2.05) is 20.8 Å². The second-order valence-corrected chi connectivity index (χ2v) is 9.33. The van der Waals surface area contributed by atoms with Crippen LogP contribution in [0.25, 0.3) is 0 Å². The van der Waals surface area contributed by atoms with E-state index in [0.29, 0.717) is 5.92 Å². The van der Waals surface area contributed by atoms with Crippen LogP contribution < -0.4 is 11.2 Å². The van der Waals surface area contributed by atoms with Crippen molar-refractivity contribution in [3.05, 3.63) is 23.3 Å². The van der Waals surface area contributed by atoms with Crippen molar-refractivity contribution in [1.29, 1.82) is 0 Å². The molecule has 0 aromatic rings. The minimum atomic E-state index is -0.553. The molecule has 0 saturated heterocycles. The van der Waals surface area contributed by atoms with Crippen LogP contribution in [0.15, 0.2) is 23.3 Å². The van der Waals surface area contributed by atoms with Gasteiger partial charge in [-0.1, -0.05) is 43.9 Å². The Balaban J connectivity index is 1.68. The van der Waals surface area contributed by atoms with Gasteiger partial charge in [0.15, 0.2) is 0 Å². The minimum Gasteiger partial charge on any atom is -0.442 e. The van der Waals surface area contributed by atoms with E-state index in [2.05, 4.69) is 24.6 Å². The highest BCUT2D eigenvalue weighted by molar-refractivity contribution is 5.66. The molecule has 3 rings (SSSR count). The third-order valence-corrected chi connectivity index (χ3v) is 6.18. The Morgan fingerprint density at radius 3 is 2.77 bits per heavy atom. The van der Waals surface area contributed by atoms with E-state index in [1.165, 1.54) is 36.8 Å². The predicted molar refractivity (Wildman–Crippen MR) is 102 cm³/mol. The van der Waals surface area contributed by atoms with Gasteiger partial charge < -0.3 is 10.5 Å². The van der Waals surface area contributed by atoms with E-state index >= 15 is 0 Å². The summed E-state index contributed by atoms with van der Waals surface area (Å²) in [4.78, 5) is 17.5. The van der Waals surface area contributed by atoms with Gasteiger partial charge in [0.05, 0.1) is 0 Å². The molecule has 0 spiro atoms. The van der Waals surface area contributed by atoms with Gasteiger partial charge in [0.25, 0.3) is 0 Å². The number of amides is 1. The summed E-state index contributed by atoms with van der Waals surface area (Å²) in [7, 11) is 0. The molecule has 1 fully saturated rings. The molecule has 5 heteroatoms. The Bertz CT molecular complexity index is 605. The number of fused-ring (bicyclic) bond motifs is 3. The molecule has 146 valence electrons. The van der Waals surface area contributed by atoms with Crippen LogP contribution >= 0.6 is 0 Å². The Morgan fingerprint density at radius 1 is 1.27 bits per heavy atom. The quantitative estimate of drug-likeness (QED) is 0.715. The Kier molecular flexibility index (Phi) is 5.50. The highest BCUT2D eigenvalue weighted by atomic mass is 16.7. The summed E-state index contributed by atoms with van der Waals surface area (Å²) < 4.78 is 5.24. The molecule has 2 bridgehead atoms. The van der Waals surface area contributed by atoms with Crippen molar-refractivity contribution in [1.82, 2.24) is 5.48 Å². The van der Waals surface area contributed by atoms with E-state index in [9.17, 15) is 4.79 Å². The summed E-state index contributed by atoms with van der Waals surface area (Å²) in [5.41, 5.74) is 11.6. The maximum absolute atomic E-state index is 11.8. The number of carbonyl (C=O) groups is 1. The third kappa shape index (κ3) is 4.15. The Morgan fingerprint density at radius 2 is 2.04 bits per heavy atom. The van der Waals surface area contributed by atoms with Gasteiger partial charge in [-0.2, -0.15) is 5.48 Å². The fourth-order valence-corrected chi connectivity index (χ4v) is 4.82. The number of hydrogen-bond acceptors (Lipinski definition) is 4. The maximum atomic E-state index is 11.8. The molecule has 4 atom stereocenters. The van der Waals surface area contributed by atoms with Crippen LogP contribution in [0.4, 0.5) is 4.79 Å². The van der Waals surface area contributed by atoms with E-state index in [0.717, 1.165) is 19.3 Å². The highest BCUT2D eigenvalue weighted by Gasteiger charge is 2.45. The fraction of sp³-hybridized carbons (Fsp3) is 0.762. The number of nitrogens with two attached hydrogens (primary N) is 1. The van der Waals surface area contributed by atoms with Gasteiger partial charge in [-0.25, -0.2) is 4.79 Å². The molecule has 3 aliphatic carbocycles. The molecule has 5 nitrogen and oxygen atoms in total. The van der Waals surface area contributed by atoms with Gasteiger partial charge in [-0.15, -0.1) is 0 Å². The molecular formula is C21H34N2O3. The highest BCUT2D eigenvalue weighted by Crippen LogP contribution is 2.51. The lowest BCUT2D eigenvalue weighted by atomic mass is 9.58. The first-order valence-corrected chi connectivity index (χ1v) is 10.00. The number of rotatable bonds is 2. The number of carbonyl (C=O) groups excluding carboxylic acids is 1. The first-order valence-electron chi connectivity index (χ1n) is 10.00. The number of hydroxylamine groups is 1. The summed E-state index contributed by atoms with van der Waals surface area (Å²) in [5, 5.41) is 0. The molecule has 0 aliphatic heterocycles. The lowest BCUT2D eigenvalue weighted by molar-refractivity contribution is -0.0296. The van der Waals surface area contributed by atoms with Crippen molar-refractivity contribution in [3.8, 4) is 0 Å². The number of hydrogen-bond donors (Lipinski definition) is 2. The standard InChI is InChI=1S/C21H34N2O3/c1-20(2,3)25-19(24)23-26-16-10-9-14-12-15-8-6-5-7-11-21(4,18(15)22)17(14)13-16/h9-10,15-16,18H,5-8,11-13,22H2,1-4H3,(H,23,24)/t15-,16?,18-,21+/m0/s1. The minimum absolute atomic E-state index is 0.0386. The van der Waals surface area contributed by atoms with Gasteiger partial charge in [0.1, 0.15) is 11.7 Å². The molecule has 3 aliphatic rings. The largest absolute Gasteiger partial charge is 0.442 e. The van der Waals surface area contributed by atoms with E-state index in [1.54, 1.807) is 0 Å². The zero-order valence-corrected chi connectivity index (χ0v) is 16.6. The van der Waals surface area contributed by atoms with Gasteiger partial charge in [0.2, 0.25) is 0 Å². The van der Waals surface area contributed by atoms with Crippen LogP contribution in [0, 0.1) is 11.3 Å². The Labute approximate surface area is 157 Å². The zero-order valence-electron chi connectivity index (χ0n) is 16.6. The molecule has 0 aromatic carbocycles. The van der Waals surface area contributed by atoms with Crippen LogP contribution in [0.3, 0.4) is 0 Å². The summed E-state index contributed by atoms with van der Waals surface area (Å²) in [6.07, 6.45) is 11.6.